The number of nitrogens with one attached hydrogen (secondary N) is 1. The second-order valence-corrected chi connectivity index (χ2v) is 8.62. The first kappa shape index (κ1) is 18.8. The van der Waals surface area contributed by atoms with Gasteiger partial charge in [0.25, 0.3) is 0 Å². The molecule has 2 aromatic carbocycles. The van der Waals surface area contributed by atoms with Gasteiger partial charge in [-0.25, -0.2) is 0 Å². The van der Waals surface area contributed by atoms with Crippen LogP contribution in [0.15, 0.2) is 48.5 Å². The number of carbonyl (C=O) groups excluding carboxylic acids is 1. The molecule has 3 nitrogen and oxygen atoms in total. The molecule has 0 saturated heterocycles. The molecule has 1 aliphatic rings. The van der Waals surface area contributed by atoms with Crippen molar-refractivity contribution in [3.8, 4) is 5.75 Å². The minimum atomic E-state index is -0.277. The third-order valence-corrected chi connectivity index (χ3v) is 5.58. The lowest BCUT2D eigenvalue weighted by Gasteiger charge is -2.38. The summed E-state index contributed by atoms with van der Waals surface area (Å²) in [4.78, 5) is 12.4. The van der Waals surface area contributed by atoms with E-state index in [-0.39, 0.29) is 17.6 Å². The molecular weight excluding hydrogens is 342 g/mol. The molecule has 1 amide bonds. The molecule has 1 atom stereocenters. The van der Waals surface area contributed by atoms with E-state index in [0.29, 0.717) is 6.42 Å². The molecule has 1 N–H and O–H groups in total. The van der Waals surface area contributed by atoms with E-state index >= 15 is 0 Å². The largest absolute Gasteiger partial charge is 0.487 e. The number of amides is 1. The molecule has 4 heteroatoms. The summed E-state index contributed by atoms with van der Waals surface area (Å²) < 4.78 is 6.10. The normalized spacial score (nSPS) is 17.9. The summed E-state index contributed by atoms with van der Waals surface area (Å²) in [7, 11) is 0. The topological polar surface area (TPSA) is 38.3 Å². The van der Waals surface area contributed by atoms with Crippen molar-refractivity contribution >= 4 is 17.7 Å². The van der Waals surface area contributed by atoms with E-state index in [9.17, 15) is 4.79 Å². The Kier molecular flexibility index (Phi) is 5.92. The molecule has 0 aromatic heterocycles. The number of carbonyl (C=O) groups is 1. The van der Waals surface area contributed by atoms with Gasteiger partial charge in [0.2, 0.25) is 5.91 Å². The van der Waals surface area contributed by atoms with Crippen LogP contribution in [-0.2, 0) is 10.5 Å². The number of aryl methyl sites for hydroxylation is 1. The van der Waals surface area contributed by atoms with E-state index in [2.05, 4.69) is 68.6 Å². The van der Waals surface area contributed by atoms with Gasteiger partial charge in [0.15, 0.2) is 0 Å². The van der Waals surface area contributed by atoms with Gasteiger partial charge < -0.3 is 10.1 Å². The number of rotatable bonds is 6. The SMILES string of the molecule is Cc1ccc2c(c1)OC(C)(C)C[C@H]2NC(=O)CCSCc1ccccc1. The highest BCUT2D eigenvalue weighted by atomic mass is 32.2. The first-order chi connectivity index (χ1) is 12.4. The Bertz CT molecular complexity index is 758. The van der Waals surface area contributed by atoms with Gasteiger partial charge in [-0.15, -0.1) is 0 Å². The first-order valence-electron chi connectivity index (χ1n) is 9.13. The predicted octanol–water partition coefficient (Wildman–Crippen LogP) is 5.04. The van der Waals surface area contributed by atoms with E-state index in [1.165, 1.54) is 11.1 Å². The first-order valence-corrected chi connectivity index (χ1v) is 10.3. The zero-order valence-electron chi connectivity index (χ0n) is 15.7. The summed E-state index contributed by atoms with van der Waals surface area (Å²) in [6, 6.07) is 16.6. The van der Waals surface area contributed by atoms with Crippen LogP contribution < -0.4 is 10.1 Å². The van der Waals surface area contributed by atoms with E-state index in [0.717, 1.165) is 29.2 Å². The molecule has 0 bridgehead atoms. The number of fused-ring (bicyclic) bond motifs is 1. The number of ether oxygens (including phenoxy) is 1. The van der Waals surface area contributed by atoms with E-state index in [1.807, 2.05) is 6.07 Å². The summed E-state index contributed by atoms with van der Waals surface area (Å²) in [6.07, 6.45) is 1.32. The predicted molar refractivity (Wildman–Crippen MR) is 109 cm³/mol. The molecule has 1 heterocycles. The number of benzene rings is 2. The molecule has 0 saturated carbocycles. The molecule has 0 aliphatic carbocycles. The van der Waals surface area contributed by atoms with Crippen LogP contribution in [0.5, 0.6) is 5.75 Å². The van der Waals surface area contributed by atoms with Crippen LogP contribution in [0.3, 0.4) is 0 Å². The van der Waals surface area contributed by atoms with Crippen LogP contribution in [-0.4, -0.2) is 17.3 Å². The Balaban J connectivity index is 1.54. The second-order valence-electron chi connectivity index (χ2n) is 7.52. The van der Waals surface area contributed by atoms with Crippen LogP contribution in [0.4, 0.5) is 0 Å². The Morgan fingerprint density at radius 3 is 2.77 bits per heavy atom. The van der Waals surface area contributed by atoms with Crippen LogP contribution in [0.1, 0.15) is 49.4 Å². The maximum absolute atomic E-state index is 12.4. The third-order valence-electron chi connectivity index (χ3n) is 4.55. The average Bonchev–Trinajstić information content (AvgIpc) is 2.58. The van der Waals surface area contributed by atoms with Gasteiger partial charge in [0, 0.05) is 29.9 Å². The summed E-state index contributed by atoms with van der Waals surface area (Å²) in [5.41, 5.74) is 3.28. The van der Waals surface area contributed by atoms with Gasteiger partial charge in [0.1, 0.15) is 11.4 Å². The maximum atomic E-state index is 12.4. The van der Waals surface area contributed by atoms with Crippen LogP contribution in [0.25, 0.3) is 0 Å². The zero-order valence-corrected chi connectivity index (χ0v) is 16.6. The van der Waals surface area contributed by atoms with Crippen molar-refractivity contribution in [3.05, 3.63) is 65.2 Å². The fraction of sp³-hybridized carbons (Fsp3) is 0.409. The molecular formula is C22H27NO2S. The van der Waals surface area contributed by atoms with Crippen molar-refractivity contribution in [2.45, 2.75) is 51.0 Å². The lowest BCUT2D eigenvalue weighted by Crippen LogP contribution is -2.41. The minimum Gasteiger partial charge on any atom is -0.487 e. The molecule has 0 radical (unpaired) electrons. The smallest absolute Gasteiger partial charge is 0.221 e. The Labute approximate surface area is 160 Å². The summed E-state index contributed by atoms with van der Waals surface area (Å²) >= 11 is 1.80. The van der Waals surface area contributed by atoms with Gasteiger partial charge in [0.05, 0.1) is 6.04 Å². The van der Waals surface area contributed by atoms with Crippen molar-refractivity contribution in [1.29, 1.82) is 0 Å². The minimum absolute atomic E-state index is 0.0148. The lowest BCUT2D eigenvalue weighted by atomic mass is 9.89. The number of hydrogen-bond acceptors (Lipinski definition) is 3. The zero-order chi connectivity index (χ0) is 18.6. The summed E-state index contributed by atoms with van der Waals surface area (Å²) in [5, 5.41) is 3.22. The highest BCUT2D eigenvalue weighted by Gasteiger charge is 2.34. The van der Waals surface area contributed by atoms with Crippen molar-refractivity contribution in [1.82, 2.24) is 5.32 Å². The van der Waals surface area contributed by atoms with Crippen molar-refractivity contribution in [2.75, 3.05) is 5.75 Å². The third kappa shape index (κ3) is 5.04. The fourth-order valence-corrected chi connectivity index (χ4v) is 4.19. The van der Waals surface area contributed by atoms with Crippen molar-refractivity contribution in [2.24, 2.45) is 0 Å². The summed E-state index contributed by atoms with van der Waals surface area (Å²) in [6.45, 7) is 6.21. The molecule has 26 heavy (non-hydrogen) atoms. The van der Waals surface area contributed by atoms with Crippen LogP contribution in [0, 0.1) is 6.92 Å². The maximum Gasteiger partial charge on any atom is 0.221 e. The van der Waals surface area contributed by atoms with E-state index in [4.69, 9.17) is 4.74 Å². The lowest BCUT2D eigenvalue weighted by molar-refractivity contribution is -0.121. The van der Waals surface area contributed by atoms with Gasteiger partial charge in [-0.1, -0.05) is 42.5 Å². The van der Waals surface area contributed by atoms with E-state index in [1.54, 1.807) is 11.8 Å². The highest BCUT2D eigenvalue weighted by molar-refractivity contribution is 7.98. The molecule has 3 rings (SSSR count). The van der Waals surface area contributed by atoms with Gasteiger partial charge in [-0.05, 0) is 38.0 Å². The monoisotopic (exact) mass is 369 g/mol. The number of thioether (sulfide) groups is 1. The molecule has 0 spiro atoms. The van der Waals surface area contributed by atoms with Gasteiger partial charge in [-0.2, -0.15) is 11.8 Å². The Morgan fingerprint density at radius 1 is 1.23 bits per heavy atom. The highest BCUT2D eigenvalue weighted by Crippen LogP contribution is 2.39. The summed E-state index contributed by atoms with van der Waals surface area (Å²) in [5.74, 6) is 2.78. The Hall–Kier alpha value is -1.94. The van der Waals surface area contributed by atoms with Crippen LogP contribution >= 0.6 is 11.8 Å². The molecule has 1 aliphatic heterocycles. The molecule has 138 valence electrons. The molecule has 0 fully saturated rings. The average molecular weight is 370 g/mol. The Morgan fingerprint density at radius 2 is 2.00 bits per heavy atom. The second kappa shape index (κ2) is 8.17. The number of hydrogen-bond donors (Lipinski definition) is 1. The van der Waals surface area contributed by atoms with E-state index < -0.39 is 0 Å². The van der Waals surface area contributed by atoms with Crippen LogP contribution in [0.2, 0.25) is 0 Å². The van der Waals surface area contributed by atoms with Gasteiger partial charge >= 0.3 is 0 Å². The van der Waals surface area contributed by atoms with Crippen molar-refractivity contribution in [3.63, 3.8) is 0 Å². The van der Waals surface area contributed by atoms with Crippen molar-refractivity contribution < 1.29 is 9.53 Å². The molecule has 0 unspecified atom stereocenters. The van der Waals surface area contributed by atoms with Gasteiger partial charge in [-0.3, -0.25) is 4.79 Å². The fourth-order valence-electron chi connectivity index (χ4n) is 3.28. The quantitative estimate of drug-likeness (QED) is 0.725. The standard InChI is InChI=1S/C22H27NO2S/c1-16-9-10-18-19(14-22(2,3)25-20(18)13-16)23-21(24)11-12-26-15-17-7-5-4-6-8-17/h4-10,13,19H,11-12,14-15H2,1-3H3,(H,23,24)/t19-/m1/s1. The molecule has 2 aromatic rings.